The molecule has 2 rings (SSSR count). The van der Waals surface area contributed by atoms with Gasteiger partial charge in [-0.1, -0.05) is 0 Å². The number of guanidine groups is 1. The van der Waals surface area contributed by atoms with Gasteiger partial charge in [-0.3, -0.25) is 4.99 Å². The highest BCUT2D eigenvalue weighted by molar-refractivity contribution is 14.0. The molecule has 0 spiro atoms. The fourth-order valence-corrected chi connectivity index (χ4v) is 4.11. The van der Waals surface area contributed by atoms with Crippen LogP contribution in [0.3, 0.4) is 0 Å². The highest BCUT2D eigenvalue weighted by Crippen LogP contribution is 2.17. The predicted octanol–water partition coefficient (Wildman–Crippen LogP) is 1.43. The lowest BCUT2D eigenvalue weighted by Crippen LogP contribution is -2.44. The van der Waals surface area contributed by atoms with Gasteiger partial charge in [0.2, 0.25) is 0 Å². The van der Waals surface area contributed by atoms with Crippen LogP contribution in [-0.4, -0.2) is 59.2 Å². The standard InChI is InChI=1S/C16H25N3O4S.HI/c1-17-16(19-13-8-11-24(20,21)12-13)18-9-3-10-23-15-6-4-14(22-2)5-7-15;/h4-7,13H,3,8-12H2,1-2H3,(H2,17,18,19);1H. The third-order valence-electron chi connectivity index (χ3n) is 3.74. The van der Waals surface area contributed by atoms with Gasteiger partial charge in [-0.2, -0.15) is 0 Å². The number of hydrogen-bond acceptors (Lipinski definition) is 5. The second-order valence-corrected chi connectivity index (χ2v) is 7.85. The van der Waals surface area contributed by atoms with E-state index >= 15 is 0 Å². The summed E-state index contributed by atoms with van der Waals surface area (Å²) in [7, 11) is 0.413. The molecule has 2 N–H and O–H groups in total. The van der Waals surface area contributed by atoms with E-state index in [-0.39, 0.29) is 41.5 Å². The molecule has 1 saturated heterocycles. The molecule has 1 fully saturated rings. The average molecular weight is 483 g/mol. The van der Waals surface area contributed by atoms with Crippen molar-refractivity contribution in [1.29, 1.82) is 0 Å². The zero-order chi connectivity index (χ0) is 17.4. The van der Waals surface area contributed by atoms with E-state index in [1.807, 2.05) is 24.3 Å². The summed E-state index contributed by atoms with van der Waals surface area (Å²) >= 11 is 0. The summed E-state index contributed by atoms with van der Waals surface area (Å²) in [6.07, 6.45) is 1.43. The number of hydrogen-bond donors (Lipinski definition) is 2. The Kier molecular flexibility index (Phi) is 9.33. The summed E-state index contributed by atoms with van der Waals surface area (Å²) in [4.78, 5) is 4.12. The number of halogens is 1. The number of rotatable bonds is 7. The van der Waals surface area contributed by atoms with Gasteiger partial charge >= 0.3 is 0 Å². The molecule has 0 amide bonds. The molecule has 0 aromatic heterocycles. The first kappa shape index (κ1) is 21.8. The van der Waals surface area contributed by atoms with Gasteiger partial charge in [-0.15, -0.1) is 24.0 Å². The minimum absolute atomic E-state index is 0. The minimum atomic E-state index is -2.89. The first-order chi connectivity index (χ1) is 11.5. The number of sulfone groups is 1. The lowest BCUT2D eigenvalue weighted by molar-refractivity contribution is 0.310. The lowest BCUT2D eigenvalue weighted by atomic mass is 10.3. The molecule has 1 atom stereocenters. The summed E-state index contributed by atoms with van der Waals surface area (Å²) in [6.45, 7) is 1.27. The molecule has 0 bridgehead atoms. The Balaban J connectivity index is 0.00000312. The summed E-state index contributed by atoms with van der Waals surface area (Å²) in [5.41, 5.74) is 0. The van der Waals surface area contributed by atoms with E-state index in [0.29, 0.717) is 25.5 Å². The van der Waals surface area contributed by atoms with E-state index < -0.39 is 9.84 Å². The van der Waals surface area contributed by atoms with Crippen molar-refractivity contribution in [3.8, 4) is 11.5 Å². The van der Waals surface area contributed by atoms with Crippen molar-refractivity contribution >= 4 is 39.8 Å². The van der Waals surface area contributed by atoms with Crippen molar-refractivity contribution in [3.63, 3.8) is 0 Å². The molecular weight excluding hydrogens is 457 g/mol. The Hall–Kier alpha value is -1.23. The third kappa shape index (κ3) is 7.68. The second-order valence-electron chi connectivity index (χ2n) is 5.62. The van der Waals surface area contributed by atoms with E-state index in [1.54, 1.807) is 14.2 Å². The summed E-state index contributed by atoms with van der Waals surface area (Å²) in [5.74, 6) is 2.65. The second kappa shape index (κ2) is 10.7. The normalized spacial score (nSPS) is 19.0. The maximum absolute atomic E-state index is 11.5. The van der Waals surface area contributed by atoms with Crippen molar-refractivity contribution in [2.45, 2.75) is 18.9 Å². The first-order valence-corrected chi connectivity index (χ1v) is 9.79. The summed E-state index contributed by atoms with van der Waals surface area (Å²) < 4.78 is 33.7. The van der Waals surface area contributed by atoms with E-state index in [2.05, 4.69) is 15.6 Å². The Labute approximate surface area is 166 Å². The molecule has 0 aliphatic carbocycles. The maximum Gasteiger partial charge on any atom is 0.191 e. The van der Waals surface area contributed by atoms with Crippen molar-refractivity contribution in [2.75, 3.05) is 38.8 Å². The minimum Gasteiger partial charge on any atom is -0.497 e. The third-order valence-corrected chi connectivity index (χ3v) is 5.51. The molecule has 1 aliphatic rings. The molecule has 1 aromatic carbocycles. The number of benzene rings is 1. The van der Waals surface area contributed by atoms with E-state index in [1.165, 1.54) is 0 Å². The number of aliphatic imine (C=N–C) groups is 1. The molecule has 0 radical (unpaired) electrons. The zero-order valence-corrected chi connectivity index (χ0v) is 17.7. The molecule has 0 saturated carbocycles. The quantitative estimate of drug-likeness (QED) is 0.264. The van der Waals surface area contributed by atoms with Gasteiger partial charge in [0.05, 0.1) is 25.2 Å². The van der Waals surface area contributed by atoms with Crippen LogP contribution in [-0.2, 0) is 9.84 Å². The van der Waals surface area contributed by atoms with Gasteiger partial charge in [0, 0.05) is 19.6 Å². The Morgan fingerprint density at radius 1 is 1.28 bits per heavy atom. The number of nitrogens with one attached hydrogen (secondary N) is 2. The van der Waals surface area contributed by atoms with Crippen molar-refractivity contribution in [1.82, 2.24) is 10.6 Å². The van der Waals surface area contributed by atoms with Gasteiger partial charge in [-0.05, 0) is 37.1 Å². The van der Waals surface area contributed by atoms with E-state index in [4.69, 9.17) is 9.47 Å². The molecule has 142 valence electrons. The van der Waals surface area contributed by atoms with Crippen molar-refractivity contribution in [2.24, 2.45) is 4.99 Å². The maximum atomic E-state index is 11.5. The van der Waals surface area contributed by atoms with Crippen LogP contribution in [0.1, 0.15) is 12.8 Å². The topological polar surface area (TPSA) is 89.0 Å². The Morgan fingerprint density at radius 3 is 2.52 bits per heavy atom. The Morgan fingerprint density at radius 2 is 1.96 bits per heavy atom. The van der Waals surface area contributed by atoms with Crippen LogP contribution in [0.2, 0.25) is 0 Å². The van der Waals surface area contributed by atoms with Crippen LogP contribution in [0.15, 0.2) is 29.3 Å². The Bertz CT molecular complexity index is 650. The fourth-order valence-electron chi connectivity index (χ4n) is 2.44. The predicted molar refractivity (Wildman–Crippen MR) is 110 cm³/mol. The highest BCUT2D eigenvalue weighted by Gasteiger charge is 2.28. The monoisotopic (exact) mass is 483 g/mol. The number of methoxy groups -OCH3 is 1. The molecule has 7 nitrogen and oxygen atoms in total. The zero-order valence-electron chi connectivity index (χ0n) is 14.5. The number of nitrogens with zero attached hydrogens (tertiary/aromatic N) is 1. The smallest absolute Gasteiger partial charge is 0.191 e. The van der Waals surface area contributed by atoms with Gasteiger partial charge in [0.25, 0.3) is 0 Å². The molecule has 1 heterocycles. The van der Waals surface area contributed by atoms with Crippen LogP contribution in [0, 0.1) is 0 Å². The van der Waals surface area contributed by atoms with Gasteiger partial charge < -0.3 is 20.1 Å². The number of ether oxygens (including phenoxy) is 2. The molecule has 1 aromatic rings. The molecule has 1 aliphatic heterocycles. The van der Waals surface area contributed by atoms with E-state index in [9.17, 15) is 8.42 Å². The van der Waals surface area contributed by atoms with Crippen LogP contribution in [0.4, 0.5) is 0 Å². The molecular formula is C16H26IN3O4S. The van der Waals surface area contributed by atoms with E-state index in [0.717, 1.165) is 17.9 Å². The molecule has 9 heteroatoms. The van der Waals surface area contributed by atoms with Crippen LogP contribution < -0.4 is 20.1 Å². The van der Waals surface area contributed by atoms with Crippen molar-refractivity contribution in [3.05, 3.63) is 24.3 Å². The van der Waals surface area contributed by atoms with Gasteiger partial charge in [0.15, 0.2) is 15.8 Å². The average Bonchev–Trinajstić information content (AvgIpc) is 2.92. The van der Waals surface area contributed by atoms with Crippen LogP contribution in [0.5, 0.6) is 11.5 Å². The highest BCUT2D eigenvalue weighted by atomic mass is 127. The van der Waals surface area contributed by atoms with Crippen LogP contribution >= 0.6 is 24.0 Å². The van der Waals surface area contributed by atoms with Gasteiger partial charge in [-0.25, -0.2) is 8.42 Å². The van der Waals surface area contributed by atoms with Crippen molar-refractivity contribution < 1.29 is 17.9 Å². The molecule has 25 heavy (non-hydrogen) atoms. The lowest BCUT2D eigenvalue weighted by Gasteiger charge is -2.16. The SMILES string of the molecule is CN=C(NCCCOc1ccc(OC)cc1)NC1CCS(=O)(=O)C1.I. The fraction of sp³-hybridized carbons (Fsp3) is 0.562. The van der Waals surface area contributed by atoms with Gasteiger partial charge in [0.1, 0.15) is 11.5 Å². The van der Waals surface area contributed by atoms with Crippen LogP contribution in [0.25, 0.3) is 0 Å². The summed E-state index contributed by atoms with van der Waals surface area (Å²) in [5, 5.41) is 6.32. The molecule has 1 unspecified atom stereocenters. The first-order valence-electron chi connectivity index (χ1n) is 7.97. The largest absolute Gasteiger partial charge is 0.497 e. The summed E-state index contributed by atoms with van der Waals surface area (Å²) in [6, 6.07) is 7.39.